The van der Waals surface area contributed by atoms with Gasteiger partial charge < -0.3 is 21.6 Å². The van der Waals surface area contributed by atoms with E-state index in [2.05, 4.69) is 63.5 Å². The zero-order valence-corrected chi connectivity index (χ0v) is 23.5. The van der Waals surface area contributed by atoms with Crippen LogP contribution >= 0.6 is 0 Å². The highest BCUT2D eigenvalue weighted by Crippen LogP contribution is 2.21. The van der Waals surface area contributed by atoms with E-state index in [0.717, 1.165) is 30.4 Å². The lowest BCUT2D eigenvalue weighted by atomic mass is 10.0. The number of hydrogen-bond acceptors (Lipinski definition) is 2. The van der Waals surface area contributed by atoms with Gasteiger partial charge in [-0.15, -0.1) is 0 Å². The summed E-state index contributed by atoms with van der Waals surface area (Å²) in [6.07, 6.45) is 17.8. The molecule has 0 unspecified atom stereocenters. The fourth-order valence-electron chi connectivity index (χ4n) is 4.74. The van der Waals surface area contributed by atoms with Crippen LogP contribution in [0.1, 0.15) is 102 Å². The first-order valence-corrected chi connectivity index (χ1v) is 14.0. The van der Waals surface area contributed by atoms with Crippen LogP contribution in [0.5, 0.6) is 0 Å². The van der Waals surface area contributed by atoms with Crippen molar-refractivity contribution < 1.29 is 26.4 Å². The summed E-state index contributed by atoms with van der Waals surface area (Å²) in [4.78, 5) is 12.1. The number of likely N-dealkylation sites (N-methyl/N-ethyl adjacent to an activating group) is 1. The molecule has 0 fully saturated rings. The summed E-state index contributed by atoms with van der Waals surface area (Å²) in [5.41, 5.74) is 1.35. The number of rotatable bonds is 19. The van der Waals surface area contributed by atoms with E-state index < -0.39 is 0 Å². The highest BCUT2D eigenvalue weighted by Gasteiger charge is 2.18. The van der Waals surface area contributed by atoms with Crippen molar-refractivity contribution >= 4 is 16.7 Å². The molecule has 2 aromatic carbocycles. The Morgan fingerprint density at radius 3 is 1.91 bits per heavy atom. The molecule has 0 amide bonds. The zero-order valence-electron chi connectivity index (χ0n) is 22.7. The van der Waals surface area contributed by atoms with Crippen molar-refractivity contribution in [2.45, 2.75) is 103 Å². The Morgan fingerprint density at radius 2 is 1.29 bits per heavy atom. The first-order chi connectivity index (χ1) is 16.5. The number of halogens is 1. The van der Waals surface area contributed by atoms with Crippen LogP contribution in [0.3, 0.4) is 0 Å². The van der Waals surface area contributed by atoms with Crippen molar-refractivity contribution in [1.82, 2.24) is 0 Å². The first-order valence-electron chi connectivity index (χ1n) is 14.0. The summed E-state index contributed by atoms with van der Waals surface area (Å²) in [6.45, 7) is 4.53. The number of fused-ring (bicyclic) bond motifs is 1. The molecular weight excluding hydrogens is 454 g/mol. The van der Waals surface area contributed by atoms with Crippen LogP contribution in [-0.4, -0.2) is 37.7 Å². The Morgan fingerprint density at radius 1 is 0.743 bits per heavy atom. The third-order valence-electron chi connectivity index (χ3n) is 6.92. The zero-order chi connectivity index (χ0) is 24.5. The van der Waals surface area contributed by atoms with Gasteiger partial charge in [0.05, 0.1) is 14.1 Å². The number of quaternary nitrogens is 1. The Bertz CT molecular complexity index is 815. The van der Waals surface area contributed by atoms with Gasteiger partial charge in [0.25, 0.3) is 0 Å². The summed E-state index contributed by atoms with van der Waals surface area (Å²) in [5.74, 6) is -0.0340. The highest BCUT2D eigenvalue weighted by atomic mass is 35.5. The van der Waals surface area contributed by atoms with E-state index in [1.54, 1.807) is 0 Å². The van der Waals surface area contributed by atoms with Crippen molar-refractivity contribution in [2.24, 2.45) is 0 Å². The Balaban J connectivity index is 0.00000612. The number of carbonyl (C=O) groups excluding carboxylic acids is 1. The predicted molar refractivity (Wildman–Crippen MR) is 146 cm³/mol. The maximum Gasteiger partial charge on any atom is 0.305 e. The lowest BCUT2D eigenvalue weighted by molar-refractivity contribution is -0.903. The number of hydrogen-bond donors (Lipinski definition) is 0. The van der Waals surface area contributed by atoms with Crippen LogP contribution in [0, 0.1) is 0 Å². The Kier molecular flexibility index (Phi) is 16.8. The normalized spacial score (nSPS) is 11.4. The van der Waals surface area contributed by atoms with Gasteiger partial charge in [0.1, 0.15) is 19.7 Å². The third kappa shape index (κ3) is 13.9. The molecule has 0 saturated carbocycles. The summed E-state index contributed by atoms with van der Waals surface area (Å²) in [7, 11) is 4.42. The van der Waals surface area contributed by atoms with Gasteiger partial charge in [0, 0.05) is 12.0 Å². The molecule has 0 atom stereocenters. The SMILES string of the molecule is CCCCCCCCCCCCCCCC(=O)OCC[N+](C)(C)Cc1cccc2ccccc12.[Cl-]. The number of unbranched alkanes of at least 4 members (excludes halogenated alkanes) is 12. The van der Waals surface area contributed by atoms with Gasteiger partial charge in [-0.1, -0.05) is 126 Å². The van der Waals surface area contributed by atoms with Crippen molar-refractivity contribution in [3.05, 3.63) is 48.0 Å². The minimum Gasteiger partial charge on any atom is -1.00 e. The number of esters is 1. The van der Waals surface area contributed by atoms with E-state index in [1.165, 1.54) is 87.0 Å². The summed E-state index contributed by atoms with van der Waals surface area (Å²) < 4.78 is 6.36. The standard InChI is InChI=1S/C31H50NO2.ClH/c1-4-5-6-7-8-9-10-11-12-13-14-15-16-24-31(33)34-26-25-32(2,3)27-29-22-19-21-28-20-17-18-23-30(28)29;/h17-23H,4-16,24-27H2,1-3H3;1H/q+1;/p-1. The lowest BCUT2D eigenvalue weighted by Crippen LogP contribution is -3.00. The van der Waals surface area contributed by atoms with E-state index in [4.69, 9.17) is 4.74 Å². The lowest BCUT2D eigenvalue weighted by Gasteiger charge is -2.30. The van der Waals surface area contributed by atoms with Gasteiger partial charge >= 0.3 is 5.97 Å². The van der Waals surface area contributed by atoms with Crippen LogP contribution in [0.2, 0.25) is 0 Å². The van der Waals surface area contributed by atoms with Crippen molar-refractivity contribution in [3.8, 4) is 0 Å². The Hall–Kier alpha value is -1.58. The second-order valence-corrected chi connectivity index (χ2v) is 10.7. The molecule has 0 aromatic heterocycles. The second-order valence-electron chi connectivity index (χ2n) is 10.7. The van der Waals surface area contributed by atoms with E-state index in [-0.39, 0.29) is 18.4 Å². The van der Waals surface area contributed by atoms with Gasteiger partial charge in [-0.3, -0.25) is 4.79 Å². The smallest absolute Gasteiger partial charge is 0.305 e. The molecule has 0 N–H and O–H groups in total. The van der Waals surface area contributed by atoms with Crippen molar-refractivity contribution in [3.63, 3.8) is 0 Å². The largest absolute Gasteiger partial charge is 1.00 e. The molecule has 0 saturated heterocycles. The van der Waals surface area contributed by atoms with Crippen LogP contribution in [-0.2, 0) is 16.1 Å². The molecule has 3 nitrogen and oxygen atoms in total. The summed E-state index contributed by atoms with van der Waals surface area (Å²) >= 11 is 0. The van der Waals surface area contributed by atoms with Gasteiger partial charge in [-0.05, 0) is 17.2 Å². The molecule has 0 bridgehead atoms. The van der Waals surface area contributed by atoms with Crippen molar-refractivity contribution in [2.75, 3.05) is 27.2 Å². The fourth-order valence-corrected chi connectivity index (χ4v) is 4.74. The monoisotopic (exact) mass is 503 g/mol. The first kappa shape index (κ1) is 31.4. The van der Waals surface area contributed by atoms with Crippen LogP contribution in [0.15, 0.2) is 42.5 Å². The minimum absolute atomic E-state index is 0. The van der Waals surface area contributed by atoms with E-state index >= 15 is 0 Å². The van der Waals surface area contributed by atoms with Crippen LogP contribution < -0.4 is 12.4 Å². The van der Waals surface area contributed by atoms with Gasteiger partial charge in [0.2, 0.25) is 0 Å². The fraction of sp³-hybridized carbons (Fsp3) is 0.645. The molecule has 2 rings (SSSR count). The maximum absolute atomic E-state index is 12.1. The maximum atomic E-state index is 12.1. The average molecular weight is 504 g/mol. The molecule has 2 aromatic rings. The molecule has 0 spiro atoms. The molecule has 0 radical (unpaired) electrons. The molecule has 35 heavy (non-hydrogen) atoms. The van der Waals surface area contributed by atoms with Crippen LogP contribution in [0.25, 0.3) is 10.8 Å². The third-order valence-corrected chi connectivity index (χ3v) is 6.92. The van der Waals surface area contributed by atoms with Gasteiger partial charge in [0.15, 0.2) is 0 Å². The van der Waals surface area contributed by atoms with Crippen LogP contribution in [0.4, 0.5) is 0 Å². The van der Waals surface area contributed by atoms with E-state index in [9.17, 15) is 4.79 Å². The number of nitrogens with zero attached hydrogens (tertiary/aromatic N) is 1. The quantitative estimate of drug-likeness (QED) is 0.145. The topological polar surface area (TPSA) is 26.3 Å². The van der Waals surface area contributed by atoms with E-state index in [1.807, 2.05) is 0 Å². The van der Waals surface area contributed by atoms with Gasteiger partial charge in [-0.2, -0.15) is 0 Å². The molecule has 198 valence electrons. The molecule has 0 aliphatic carbocycles. The highest BCUT2D eigenvalue weighted by molar-refractivity contribution is 5.85. The number of ether oxygens (including phenoxy) is 1. The predicted octanol–water partition coefficient (Wildman–Crippen LogP) is 5.44. The molecule has 4 heteroatoms. The minimum atomic E-state index is -0.0340. The van der Waals surface area contributed by atoms with Crippen molar-refractivity contribution in [1.29, 1.82) is 0 Å². The summed E-state index contributed by atoms with van der Waals surface area (Å²) in [6, 6.07) is 15.1. The molecule has 0 heterocycles. The Labute approximate surface area is 221 Å². The second kappa shape index (κ2) is 18.7. The van der Waals surface area contributed by atoms with Gasteiger partial charge in [-0.25, -0.2) is 0 Å². The number of benzene rings is 2. The molecule has 0 aliphatic heterocycles. The summed E-state index contributed by atoms with van der Waals surface area (Å²) in [5, 5.41) is 2.60. The number of carbonyl (C=O) groups is 1. The average Bonchev–Trinajstić information content (AvgIpc) is 2.82. The molecule has 0 aliphatic rings. The van der Waals surface area contributed by atoms with E-state index in [0.29, 0.717) is 13.0 Å². The molecular formula is C31H50ClNO2.